The van der Waals surface area contributed by atoms with Gasteiger partial charge in [-0.15, -0.1) is 0 Å². The molecule has 1 saturated heterocycles. The largest absolute Gasteiger partial charge is 0.396 e. The fourth-order valence-electron chi connectivity index (χ4n) is 6.02. The number of aliphatic hydroxyl groups excluding tert-OH is 2. The first-order valence-electron chi connectivity index (χ1n) is 13.4. The number of allylic oxidation sites excluding steroid dienone is 5. The summed E-state index contributed by atoms with van der Waals surface area (Å²) >= 11 is 0. The molecule has 4 nitrogen and oxygen atoms in total. The molecule has 1 saturated carbocycles. The summed E-state index contributed by atoms with van der Waals surface area (Å²) in [6.45, 7) is 15.3. The predicted octanol–water partition coefficient (Wildman–Crippen LogP) is 6.71. The van der Waals surface area contributed by atoms with E-state index >= 15 is 0 Å². The maximum absolute atomic E-state index is 11.5. The zero-order valence-electron chi connectivity index (χ0n) is 22.8. The molecule has 0 amide bonds. The fourth-order valence-corrected chi connectivity index (χ4v) is 6.02. The highest BCUT2D eigenvalue weighted by atomic mass is 16.6. The molecule has 2 aliphatic rings. The molecule has 0 radical (unpaired) electrons. The number of epoxide rings is 1. The van der Waals surface area contributed by atoms with Gasteiger partial charge in [-0.1, -0.05) is 42.7 Å². The molecule has 34 heavy (non-hydrogen) atoms. The summed E-state index contributed by atoms with van der Waals surface area (Å²) in [5, 5.41) is 19.8. The lowest BCUT2D eigenvalue weighted by Gasteiger charge is -2.48. The molecule has 2 rings (SSSR count). The Labute approximate surface area is 208 Å². The minimum Gasteiger partial charge on any atom is -0.396 e. The first-order valence-corrected chi connectivity index (χ1v) is 13.4. The second kappa shape index (κ2) is 12.6. The molecule has 0 spiro atoms. The Kier molecular flexibility index (Phi) is 10.8. The predicted molar refractivity (Wildman–Crippen MR) is 141 cm³/mol. The van der Waals surface area contributed by atoms with Crippen molar-refractivity contribution >= 4 is 6.29 Å². The first kappa shape index (κ1) is 29.0. The molecule has 2 unspecified atom stereocenters. The maximum atomic E-state index is 11.5. The molecular weight excluding hydrogens is 424 g/mol. The fraction of sp³-hybridized carbons (Fsp3) is 0.767. The highest BCUT2D eigenvalue weighted by molar-refractivity contribution is 5.73. The van der Waals surface area contributed by atoms with E-state index in [1.165, 1.54) is 16.7 Å². The van der Waals surface area contributed by atoms with Crippen molar-refractivity contribution in [2.45, 2.75) is 124 Å². The Balaban J connectivity index is 1.92. The average Bonchev–Trinajstić information content (AvgIpc) is 3.42. The van der Waals surface area contributed by atoms with Gasteiger partial charge < -0.3 is 14.9 Å². The van der Waals surface area contributed by atoms with Gasteiger partial charge in [-0.05, 0) is 115 Å². The SMILES string of the molecule is C/C(C=O)=C1\CC[C@@H](C)[C@@](C)(CC/C=C(\C)CC/C=C(\C)CC(O)C2OC2(C)C)[C@@H]1CCCO. The van der Waals surface area contributed by atoms with Crippen LogP contribution in [0.15, 0.2) is 34.4 Å². The van der Waals surface area contributed by atoms with E-state index in [0.717, 1.165) is 63.2 Å². The summed E-state index contributed by atoms with van der Waals surface area (Å²) in [6.07, 6.45) is 14.0. The normalized spacial score (nSPS) is 31.9. The van der Waals surface area contributed by atoms with Crippen molar-refractivity contribution in [2.75, 3.05) is 6.61 Å². The van der Waals surface area contributed by atoms with Crippen LogP contribution in [0.25, 0.3) is 0 Å². The lowest BCUT2D eigenvalue weighted by molar-refractivity contribution is -0.105. The van der Waals surface area contributed by atoms with Crippen molar-refractivity contribution in [2.24, 2.45) is 17.3 Å². The van der Waals surface area contributed by atoms with Crippen LogP contribution in [0.5, 0.6) is 0 Å². The van der Waals surface area contributed by atoms with Crippen LogP contribution in [-0.2, 0) is 9.53 Å². The summed E-state index contributed by atoms with van der Waals surface area (Å²) in [5.74, 6) is 0.977. The smallest absolute Gasteiger partial charge is 0.145 e. The standard InChI is InChI=1S/C30H50O4/c1-21(11-8-12-22(2)19-27(33)28-29(5,6)34-28)13-9-17-30(7)24(4)15-16-25(23(3)20-32)26(30)14-10-18-31/h12-13,20,24,26-28,31,33H,8-11,14-19H2,1-7H3/b21-13+,22-12+,25-23-/t24-,26-,27?,28?,30-/m1/s1. The third-order valence-corrected chi connectivity index (χ3v) is 8.67. The molecule has 194 valence electrons. The van der Waals surface area contributed by atoms with E-state index in [9.17, 15) is 15.0 Å². The van der Waals surface area contributed by atoms with Crippen LogP contribution in [0.3, 0.4) is 0 Å². The number of carbonyl (C=O) groups excluding carboxylic acids is 1. The van der Waals surface area contributed by atoms with E-state index in [4.69, 9.17) is 4.74 Å². The molecule has 2 N–H and O–H groups in total. The molecule has 1 aliphatic carbocycles. The summed E-state index contributed by atoms with van der Waals surface area (Å²) in [6, 6.07) is 0. The Morgan fingerprint density at radius 1 is 1.15 bits per heavy atom. The van der Waals surface area contributed by atoms with Crippen LogP contribution in [0.2, 0.25) is 0 Å². The van der Waals surface area contributed by atoms with Crippen LogP contribution < -0.4 is 0 Å². The molecule has 4 heteroatoms. The lowest BCUT2D eigenvalue weighted by atomic mass is 9.56. The van der Waals surface area contributed by atoms with Crippen molar-refractivity contribution in [3.05, 3.63) is 34.4 Å². The summed E-state index contributed by atoms with van der Waals surface area (Å²) in [5.41, 5.74) is 4.84. The minimum absolute atomic E-state index is 0.0343. The summed E-state index contributed by atoms with van der Waals surface area (Å²) < 4.78 is 5.56. The van der Waals surface area contributed by atoms with Gasteiger partial charge in [0.1, 0.15) is 12.4 Å². The monoisotopic (exact) mass is 474 g/mol. The van der Waals surface area contributed by atoms with Gasteiger partial charge in [0.2, 0.25) is 0 Å². The van der Waals surface area contributed by atoms with Crippen LogP contribution in [0.1, 0.15) is 106 Å². The van der Waals surface area contributed by atoms with Crippen LogP contribution >= 0.6 is 0 Å². The van der Waals surface area contributed by atoms with Crippen LogP contribution in [-0.4, -0.2) is 40.9 Å². The molecular formula is C30H50O4. The van der Waals surface area contributed by atoms with E-state index in [-0.39, 0.29) is 23.7 Å². The van der Waals surface area contributed by atoms with E-state index in [1.807, 2.05) is 20.8 Å². The number of carbonyl (C=O) groups is 1. The van der Waals surface area contributed by atoms with Gasteiger partial charge in [-0.2, -0.15) is 0 Å². The molecule has 0 bridgehead atoms. The third-order valence-electron chi connectivity index (χ3n) is 8.67. The molecule has 1 aliphatic heterocycles. The molecule has 0 aromatic rings. The van der Waals surface area contributed by atoms with Crippen molar-refractivity contribution in [1.82, 2.24) is 0 Å². The highest BCUT2D eigenvalue weighted by Gasteiger charge is 2.51. The van der Waals surface area contributed by atoms with Crippen molar-refractivity contribution in [1.29, 1.82) is 0 Å². The van der Waals surface area contributed by atoms with Crippen molar-refractivity contribution in [3.63, 3.8) is 0 Å². The average molecular weight is 475 g/mol. The minimum atomic E-state index is -0.415. The van der Waals surface area contributed by atoms with Gasteiger partial charge in [-0.3, -0.25) is 4.79 Å². The Morgan fingerprint density at radius 3 is 2.38 bits per heavy atom. The van der Waals surface area contributed by atoms with Gasteiger partial charge in [0, 0.05) is 6.61 Å². The second-order valence-corrected chi connectivity index (χ2v) is 11.8. The van der Waals surface area contributed by atoms with Gasteiger partial charge in [-0.25, -0.2) is 0 Å². The Morgan fingerprint density at radius 2 is 1.79 bits per heavy atom. The van der Waals surface area contributed by atoms with Gasteiger partial charge >= 0.3 is 0 Å². The molecule has 0 aromatic heterocycles. The van der Waals surface area contributed by atoms with Gasteiger partial charge in [0.15, 0.2) is 0 Å². The summed E-state index contributed by atoms with van der Waals surface area (Å²) in [4.78, 5) is 11.5. The number of rotatable bonds is 13. The van der Waals surface area contributed by atoms with Crippen molar-refractivity contribution in [3.8, 4) is 0 Å². The number of aliphatic hydroxyl groups is 2. The molecule has 2 fully saturated rings. The molecule has 1 heterocycles. The Hall–Kier alpha value is -1.23. The van der Waals surface area contributed by atoms with Gasteiger partial charge in [0.05, 0.1) is 11.7 Å². The summed E-state index contributed by atoms with van der Waals surface area (Å²) in [7, 11) is 0. The lowest BCUT2D eigenvalue weighted by Crippen LogP contribution is -2.39. The molecule has 0 aromatic carbocycles. The van der Waals surface area contributed by atoms with Crippen LogP contribution in [0.4, 0.5) is 0 Å². The van der Waals surface area contributed by atoms with E-state index < -0.39 is 6.10 Å². The number of aldehydes is 1. The number of hydrogen-bond donors (Lipinski definition) is 2. The van der Waals surface area contributed by atoms with E-state index in [2.05, 4.69) is 39.8 Å². The first-order chi connectivity index (χ1) is 16.0. The van der Waals surface area contributed by atoms with Crippen molar-refractivity contribution < 1.29 is 19.7 Å². The number of hydrogen-bond acceptors (Lipinski definition) is 4. The highest BCUT2D eigenvalue weighted by Crippen LogP contribution is 2.53. The Bertz CT molecular complexity index is 775. The third kappa shape index (κ3) is 7.63. The second-order valence-electron chi connectivity index (χ2n) is 11.8. The topological polar surface area (TPSA) is 70.1 Å². The molecule has 5 atom stereocenters. The van der Waals surface area contributed by atoms with Gasteiger partial charge in [0.25, 0.3) is 0 Å². The zero-order valence-corrected chi connectivity index (χ0v) is 22.8. The maximum Gasteiger partial charge on any atom is 0.145 e. The van der Waals surface area contributed by atoms with E-state index in [0.29, 0.717) is 18.3 Å². The zero-order chi connectivity index (χ0) is 25.5. The van der Waals surface area contributed by atoms with E-state index in [1.54, 1.807) is 0 Å². The quantitative estimate of drug-likeness (QED) is 0.135. The number of ether oxygens (including phenoxy) is 1. The van der Waals surface area contributed by atoms with Crippen LogP contribution in [0, 0.1) is 17.3 Å².